The van der Waals surface area contributed by atoms with Crippen molar-refractivity contribution in [3.8, 4) is 29.1 Å². The van der Waals surface area contributed by atoms with Crippen molar-refractivity contribution in [2.24, 2.45) is 0 Å². The zero-order chi connectivity index (χ0) is 20.6. The van der Waals surface area contributed by atoms with Crippen LogP contribution < -0.4 is 19.5 Å². The summed E-state index contributed by atoms with van der Waals surface area (Å²) in [5, 5.41) is 2.88. The van der Waals surface area contributed by atoms with Gasteiger partial charge in [0, 0.05) is 28.9 Å². The summed E-state index contributed by atoms with van der Waals surface area (Å²) in [6.07, 6.45) is 0. The number of carbonyl (C=O) groups is 1. The Labute approximate surface area is 170 Å². The minimum absolute atomic E-state index is 0.323. The third-order valence-electron chi connectivity index (χ3n) is 4.20. The Hall–Kier alpha value is -3.91. The molecular weight excluding hydrogens is 366 g/mol. The van der Waals surface area contributed by atoms with Gasteiger partial charge >= 0.3 is 0 Å². The molecule has 29 heavy (non-hydrogen) atoms. The Morgan fingerprint density at radius 2 is 1.34 bits per heavy atom. The van der Waals surface area contributed by atoms with Crippen LogP contribution >= 0.6 is 0 Å². The molecule has 0 aliphatic carbocycles. The fourth-order valence-corrected chi connectivity index (χ4v) is 2.75. The predicted octanol–water partition coefficient (Wildman–Crippen LogP) is 4.36. The van der Waals surface area contributed by atoms with Crippen LogP contribution in [0.3, 0.4) is 0 Å². The fourth-order valence-electron chi connectivity index (χ4n) is 2.75. The van der Waals surface area contributed by atoms with Gasteiger partial charge in [-0.15, -0.1) is 0 Å². The highest BCUT2D eigenvalue weighted by Crippen LogP contribution is 2.35. The number of amides is 1. The lowest BCUT2D eigenvalue weighted by molar-refractivity contribution is 0.102. The van der Waals surface area contributed by atoms with E-state index in [1.807, 2.05) is 48.5 Å². The minimum atomic E-state index is -0.323. The first kappa shape index (κ1) is 19.8. The Morgan fingerprint density at radius 3 is 2.03 bits per heavy atom. The van der Waals surface area contributed by atoms with Crippen LogP contribution in [-0.4, -0.2) is 27.2 Å². The second-order valence-corrected chi connectivity index (χ2v) is 6.06. The summed E-state index contributed by atoms with van der Waals surface area (Å²) >= 11 is 0. The monoisotopic (exact) mass is 387 g/mol. The summed E-state index contributed by atoms with van der Waals surface area (Å²) in [7, 11) is 4.54. The second-order valence-electron chi connectivity index (χ2n) is 6.06. The van der Waals surface area contributed by atoms with E-state index in [9.17, 15) is 4.79 Å². The molecule has 0 saturated heterocycles. The van der Waals surface area contributed by atoms with Gasteiger partial charge in [0.2, 0.25) is 0 Å². The maximum absolute atomic E-state index is 12.8. The Bertz CT molecular complexity index is 1070. The molecule has 3 aromatic rings. The highest BCUT2D eigenvalue weighted by Gasteiger charge is 2.18. The van der Waals surface area contributed by atoms with Crippen LogP contribution in [0.25, 0.3) is 0 Å². The van der Waals surface area contributed by atoms with E-state index in [0.29, 0.717) is 28.5 Å². The number of anilines is 1. The van der Waals surface area contributed by atoms with Crippen LogP contribution in [-0.2, 0) is 0 Å². The van der Waals surface area contributed by atoms with Crippen LogP contribution in [0.15, 0.2) is 66.7 Å². The molecule has 0 bridgehead atoms. The lowest BCUT2D eigenvalue weighted by atomic mass is 10.1. The van der Waals surface area contributed by atoms with Crippen molar-refractivity contribution in [2.75, 3.05) is 26.6 Å². The molecule has 5 nitrogen and oxygen atoms in total. The van der Waals surface area contributed by atoms with Gasteiger partial charge < -0.3 is 19.5 Å². The molecule has 0 aromatic heterocycles. The van der Waals surface area contributed by atoms with Crippen molar-refractivity contribution in [2.45, 2.75) is 0 Å². The minimum Gasteiger partial charge on any atom is -0.496 e. The van der Waals surface area contributed by atoms with Gasteiger partial charge in [-0.1, -0.05) is 36.1 Å². The Morgan fingerprint density at radius 1 is 0.724 bits per heavy atom. The molecule has 0 aliphatic heterocycles. The van der Waals surface area contributed by atoms with Gasteiger partial charge in [-0.2, -0.15) is 0 Å². The quantitative estimate of drug-likeness (QED) is 0.661. The number of carbonyl (C=O) groups excluding carboxylic acids is 1. The largest absolute Gasteiger partial charge is 0.496 e. The number of methoxy groups -OCH3 is 3. The molecule has 3 rings (SSSR count). The maximum Gasteiger partial charge on any atom is 0.259 e. The first-order chi connectivity index (χ1) is 14.1. The van der Waals surface area contributed by atoms with Crippen LogP contribution in [0, 0.1) is 11.8 Å². The van der Waals surface area contributed by atoms with Crippen molar-refractivity contribution in [3.05, 3.63) is 83.4 Å². The maximum atomic E-state index is 12.8. The van der Waals surface area contributed by atoms with E-state index >= 15 is 0 Å². The van der Waals surface area contributed by atoms with E-state index in [0.717, 1.165) is 11.1 Å². The van der Waals surface area contributed by atoms with Gasteiger partial charge in [0.05, 0.1) is 26.9 Å². The van der Waals surface area contributed by atoms with Crippen molar-refractivity contribution in [1.82, 2.24) is 0 Å². The van der Waals surface area contributed by atoms with Gasteiger partial charge in [-0.25, -0.2) is 0 Å². The fraction of sp³-hybridized carbons (Fsp3) is 0.125. The molecule has 0 spiro atoms. The van der Waals surface area contributed by atoms with E-state index in [2.05, 4.69) is 17.2 Å². The van der Waals surface area contributed by atoms with Gasteiger partial charge in [-0.3, -0.25) is 4.79 Å². The van der Waals surface area contributed by atoms with Crippen molar-refractivity contribution < 1.29 is 19.0 Å². The standard InChI is InChI=1S/C24H21NO4/c1-27-21-16-23(29-3)22(28-2)15-20(21)24(26)25-19-11-7-10-18(14-19)13-12-17-8-5-4-6-9-17/h4-11,14-16H,1-3H3,(H,25,26). The third kappa shape index (κ3) is 4.88. The molecule has 0 saturated carbocycles. The van der Waals surface area contributed by atoms with Crippen LogP contribution in [0.5, 0.6) is 17.2 Å². The van der Waals surface area contributed by atoms with Crippen molar-refractivity contribution >= 4 is 11.6 Å². The molecule has 3 aromatic carbocycles. The molecule has 5 heteroatoms. The lowest BCUT2D eigenvalue weighted by Gasteiger charge is -2.14. The number of rotatable bonds is 5. The average molecular weight is 387 g/mol. The van der Waals surface area contributed by atoms with Crippen molar-refractivity contribution in [1.29, 1.82) is 0 Å². The summed E-state index contributed by atoms with van der Waals surface area (Å²) in [5.41, 5.74) is 2.69. The van der Waals surface area contributed by atoms with Gasteiger partial charge in [0.25, 0.3) is 5.91 Å². The zero-order valence-electron chi connectivity index (χ0n) is 16.5. The average Bonchev–Trinajstić information content (AvgIpc) is 2.77. The molecule has 1 amide bonds. The number of ether oxygens (including phenoxy) is 3. The lowest BCUT2D eigenvalue weighted by Crippen LogP contribution is -2.13. The summed E-state index contributed by atoms with van der Waals surface area (Å²) in [4.78, 5) is 12.8. The number of hydrogen-bond acceptors (Lipinski definition) is 4. The Kier molecular flexibility index (Phi) is 6.39. The van der Waals surface area contributed by atoms with E-state index in [4.69, 9.17) is 14.2 Å². The number of nitrogens with one attached hydrogen (secondary N) is 1. The van der Waals surface area contributed by atoms with E-state index in [1.165, 1.54) is 21.3 Å². The van der Waals surface area contributed by atoms with Crippen LogP contribution in [0.2, 0.25) is 0 Å². The molecule has 0 unspecified atom stereocenters. The molecule has 0 aliphatic rings. The van der Waals surface area contributed by atoms with Gasteiger partial charge in [0.15, 0.2) is 11.5 Å². The number of benzene rings is 3. The molecule has 0 atom stereocenters. The molecule has 1 N–H and O–H groups in total. The highest BCUT2D eigenvalue weighted by atomic mass is 16.5. The molecule has 0 fully saturated rings. The van der Waals surface area contributed by atoms with E-state index in [1.54, 1.807) is 18.2 Å². The first-order valence-corrected chi connectivity index (χ1v) is 8.93. The first-order valence-electron chi connectivity index (χ1n) is 8.93. The third-order valence-corrected chi connectivity index (χ3v) is 4.20. The molecular formula is C24H21NO4. The normalized spacial score (nSPS) is 9.76. The summed E-state index contributed by atoms with van der Waals surface area (Å²) in [6, 6.07) is 20.3. The summed E-state index contributed by atoms with van der Waals surface area (Å²) in [5.74, 6) is 7.21. The molecule has 0 radical (unpaired) electrons. The highest BCUT2D eigenvalue weighted by molar-refractivity contribution is 6.06. The zero-order valence-corrected chi connectivity index (χ0v) is 16.5. The van der Waals surface area contributed by atoms with Gasteiger partial charge in [-0.05, 0) is 30.3 Å². The summed E-state index contributed by atoms with van der Waals surface area (Å²) in [6.45, 7) is 0. The van der Waals surface area contributed by atoms with Crippen LogP contribution in [0.4, 0.5) is 5.69 Å². The SMILES string of the molecule is COc1cc(OC)c(C(=O)Nc2cccc(C#Cc3ccccc3)c2)cc1OC. The van der Waals surface area contributed by atoms with E-state index in [-0.39, 0.29) is 5.91 Å². The van der Waals surface area contributed by atoms with Crippen LogP contribution in [0.1, 0.15) is 21.5 Å². The predicted molar refractivity (Wildman–Crippen MR) is 113 cm³/mol. The molecule has 0 heterocycles. The molecule has 146 valence electrons. The summed E-state index contributed by atoms with van der Waals surface area (Å²) < 4.78 is 15.9. The van der Waals surface area contributed by atoms with Crippen molar-refractivity contribution in [3.63, 3.8) is 0 Å². The Balaban J connectivity index is 1.84. The van der Waals surface area contributed by atoms with E-state index < -0.39 is 0 Å². The smallest absolute Gasteiger partial charge is 0.259 e. The number of hydrogen-bond donors (Lipinski definition) is 1. The topological polar surface area (TPSA) is 56.8 Å². The second kappa shape index (κ2) is 9.34. The van der Waals surface area contributed by atoms with Gasteiger partial charge in [0.1, 0.15) is 5.75 Å².